The van der Waals surface area contributed by atoms with Crippen molar-refractivity contribution in [3.05, 3.63) is 18.2 Å². The monoisotopic (exact) mass is 372 g/mol. The van der Waals surface area contributed by atoms with Gasteiger partial charge in [-0.05, 0) is 30.4 Å². The van der Waals surface area contributed by atoms with E-state index in [0.717, 1.165) is 11.9 Å². The normalized spacial score (nSPS) is 19.9. The third-order valence-electron chi connectivity index (χ3n) is 3.57. The van der Waals surface area contributed by atoms with E-state index in [0.29, 0.717) is 41.2 Å². The van der Waals surface area contributed by atoms with Crippen LogP contribution >= 0.6 is 24.4 Å². The molecule has 23 heavy (non-hydrogen) atoms. The molecule has 1 unspecified atom stereocenters. The molecule has 0 aromatic heterocycles. The number of nitrogens with one attached hydrogen (secondary N) is 1. The second-order valence-electron chi connectivity index (χ2n) is 5.52. The lowest BCUT2D eigenvalue weighted by atomic mass is 10.1. The minimum atomic E-state index is -3.35. The minimum absolute atomic E-state index is 0.0535. The Morgan fingerprint density at radius 3 is 2.91 bits per heavy atom. The Morgan fingerprint density at radius 2 is 2.26 bits per heavy atom. The van der Waals surface area contributed by atoms with E-state index in [1.165, 1.54) is 0 Å². The summed E-state index contributed by atoms with van der Waals surface area (Å²) < 4.78 is 31.0. The molecule has 2 aliphatic heterocycles. The first-order valence-corrected chi connectivity index (χ1v) is 9.56. The number of anilines is 2. The molecule has 2 aliphatic rings. The Kier molecular flexibility index (Phi) is 4.07. The van der Waals surface area contributed by atoms with Crippen LogP contribution < -0.4 is 20.1 Å². The van der Waals surface area contributed by atoms with Crippen molar-refractivity contribution in [2.75, 3.05) is 35.6 Å². The molecule has 10 heteroatoms. The number of rotatable bonds is 4. The van der Waals surface area contributed by atoms with Crippen LogP contribution in [0, 0.1) is 0 Å². The van der Waals surface area contributed by atoms with Crippen LogP contribution in [0.25, 0.3) is 0 Å². The molecule has 0 spiro atoms. The van der Waals surface area contributed by atoms with Gasteiger partial charge in [0.1, 0.15) is 12.4 Å². The number of hydrogen-bond donors (Lipinski definition) is 2. The van der Waals surface area contributed by atoms with Crippen molar-refractivity contribution in [1.29, 1.82) is 0 Å². The van der Waals surface area contributed by atoms with Crippen molar-refractivity contribution in [1.82, 2.24) is 4.90 Å². The SMILES string of the molecule is CS(=O)(=O)Nc1ccc2c(c1)N1C(=S)N(CC(N)=S)CC1CO2. The van der Waals surface area contributed by atoms with E-state index >= 15 is 0 Å². The van der Waals surface area contributed by atoms with Gasteiger partial charge >= 0.3 is 0 Å². The van der Waals surface area contributed by atoms with E-state index < -0.39 is 10.0 Å². The molecule has 1 atom stereocenters. The van der Waals surface area contributed by atoms with Crippen LogP contribution in [-0.2, 0) is 10.0 Å². The van der Waals surface area contributed by atoms with Crippen molar-refractivity contribution < 1.29 is 13.2 Å². The van der Waals surface area contributed by atoms with Gasteiger partial charge in [0, 0.05) is 6.54 Å². The third kappa shape index (κ3) is 3.33. The number of nitrogens with two attached hydrogens (primary N) is 1. The number of ether oxygens (including phenoxy) is 1. The smallest absolute Gasteiger partial charge is 0.229 e. The molecule has 3 rings (SSSR count). The Morgan fingerprint density at radius 1 is 1.52 bits per heavy atom. The highest BCUT2D eigenvalue weighted by Crippen LogP contribution is 2.39. The molecular formula is C13H16N4O3S3. The quantitative estimate of drug-likeness (QED) is 0.740. The summed E-state index contributed by atoms with van der Waals surface area (Å²) >= 11 is 10.5. The summed E-state index contributed by atoms with van der Waals surface area (Å²) in [5, 5.41) is 0.615. The predicted octanol–water partition coefficient (Wildman–Crippen LogP) is 0.512. The first kappa shape index (κ1) is 16.2. The summed E-state index contributed by atoms with van der Waals surface area (Å²) in [5.41, 5.74) is 6.82. The summed E-state index contributed by atoms with van der Waals surface area (Å²) in [6, 6.07) is 5.17. The number of benzene rings is 1. The summed E-state index contributed by atoms with van der Waals surface area (Å²) in [5.74, 6) is 0.667. The summed E-state index contributed by atoms with van der Waals surface area (Å²) in [6.07, 6.45) is 1.11. The molecule has 124 valence electrons. The standard InChI is InChI=1S/C13H16N4O3S3/c1-23(18,19)15-8-2-3-11-10(4-8)17-9(7-20-11)5-16(13(17)22)6-12(14)21/h2-4,9,15H,5-7H2,1H3,(H2,14,21). The number of hydrogen-bond acceptors (Lipinski definition) is 5. The molecule has 1 saturated heterocycles. The highest BCUT2D eigenvalue weighted by atomic mass is 32.2. The zero-order valence-electron chi connectivity index (χ0n) is 12.4. The van der Waals surface area contributed by atoms with Gasteiger partial charge in [-0.25, -0.2) is 8.42 Å². The molecule has 0 aliphatic carbocycles. The Labute approximate surface area is 145 Å². The average molecular weight is 372 g/mol. The van der Waals surface area contributed by atoms with Crippen LogP contribution in [0.2, 0.25) is 0 Å². The van der Waals surface area contributed by atoms with Gasteiger partial charge in [0.25, 0.3) is 0 Å². The molecular weight excluding hydrogens is 356 g/mol. The lowest BCUT2D eigenvalue weighted by Gasteiger charge is -2.32. The lowest BCUT2D eigenvalue weighted by molar-refractivity contribution is 0.270. The summed E-state index contributed by atoms with van der Waals surface area (Å²) in [7, 11) is -3.35. The van der Waals surface area contributed by atoms with Gasteiger partial charge in [-0.15, -0.1) is 0 Å². The maximum Gasteiger partial charge on any atom is 0.229 e. The summed E-state index contributed by atoms with van der Waals surface area (Å²) in [6.45, 7) is 1.58. The first-order chi connectivity index (χ1) is 10.7. The van der Waals surface area contributed by atoms with Crippen molar-refractivity contribution in [2.45, 2.75) is 6.04 Å². The highest BCUT2D eigenvalue weighted by Gasteiger charge is 2.40. The fourth-order valence-corrected chi connectivity index (χ4v) is 3.86. The van der Waals surface area contributed by atoms with Crippen molar-refractivity contribution in [3.63, 3.8) is 0 Å². The number of fused-ring (bicyclic) bond motifs is 3. The van der Waals surface area contributed by atoms with Gasteiger partial charge in [-0.2, -0.15) is 0 Å². The highest BCUT2D eigenvalue weighted by molar-refractivity contribution is 7.92. The van der Waals surface area contributed by atoms with Gasteiger partial charge in [0.2, 0.25) is 10.0 Å². The van der Waals surface area contributed by atoms with E-state index in [-0.39, 0.29) is 6.04 Å². The van der Waals surface area contributed by atoms with Crippen LogP contribution in [0.4, 0.5) is 11.4 Å². The van der Waals surface area contributed by atoms with Gasteiger partial charge in [0.05, 0.1) is 35.2 Å². The molecule has 0 bridgehead atoms. The molecule has 0 saturated carbocycles. The van der Waals surface area contributed by atoms with Crippen LogP contribution in [0.15, 0.2) is 18.2 Å². The van der Waals surface area contributed by atoms with Crippen LogP contribution in [0.3, 0.4) is 0 Å². The molecule has 0 amide bonds. The Bertz CT molecular complexity index is 781. The zero-order chi connectivity index (χ0) is 16.8. The van der Waals surface area contributed by atoms with Crippen LogP contribution in [0.1, 0.15) is 0 Å². The maximum absolute atomic E-state index is 11.4. The van der Waals surface area contributed by atoms with Gasteiger partial charge in [0.15, 0.2) is 5.11 Å². The van der Waals surface area contributed by atoms with Crippen LogP contribution in [-0.4, -0.2) is 55.4 Å². The molecule has 1 aromatic rings. The number of nitrogens with zero attached hydrogens (tertiary/aromatic N) is 2. The number of thiocarbonyl (C=S) groups is 2. The molecule has 1 fully saturated rings. The van der Waals surface area contributed by atoms with Crippen LogP contribution in [0.5, 0.6) is 5.75 Å². The molecule has 7 nitrogen and oxygen atoms in total. The first-order valence-electron chi connectivity index (χ1n) is 6.85. The Balaban J connectivity index is 1.94. The fraction of sp³-hybridized carbons (Fsp3) is 0.385. The lowest BCUT2D eigenvalue weighted by Crippen LogP contribution is -2.41. The number of sulfonamides is 1. The average Bonchev–Trinajstić information content (AvgIpc) is 2.73. The van der Waals surface area contributed by atoms with E-state index in [1.54, 1.807) is 18.2 Å². The van der Waals surface area contributed by atoms with E-state index in [4.69, 9.17) is 34.9 Å². The molecule has 0 radical (unpaired) electrons. The minimum Gasteiger partial charge on any atom is -0.489 e. The van der Waals surface area contributed by atoms with E-state index in [2.05, 4.69) is 4.72 Å². The zero-order valence-corrected chi connectivity index (χ0v) is 14.8. The van der Waals surface area contributed by atoms with Crippen molar-refractivity contribution in [2.24, 2.45) is 5.73 Å². The van der Waals surface area contributed by atoms with Gasteiger partial charge in [-0.1, -0.05) is 12.2 Å². The second-order valence-corrected chi connectivity index (χ2v) is 8.16. The van der Waals surface area contributed by atoms with Gasteiger partial charge in [-0.3, -0.25) is 4.72 Å². The fourth-order valence-electron chi connectivity index (χ4n) is 2.76. The Hall–Kier alpha value is -1.65. The van der Waals surface area contributed by atoms with E-state index in [9.17, 15) is 8.42 Å². The summed E-state index contributed by atoms with van der Waals surface area (Å²) in [4.78, 5) is 4.28. The molecule has 3 N–H and O–H groups in total. The largest absolute Gasteiger partial charge is 0.489 e. The van der Waals surface area contributed by atoms with Crippen molar-refractivity contribution in [3.8, 4) is 5.75 Å². The maximum atomic E-state index is 11.4. The molecule has 1 aromatic carbocycles. The third-order valence-corrected chi connectivity index (χ3v) is 4.76. The predicted molar refractivity (Wildman–Crippen MR) is 97.6 cm³/mol. The van der Waals surface area contributed by atoms with Gasteiger partial charge < -0.3 is 20.3 Å². The van der Waals surface area contributed by atoms with Crippen molar-refractivity contribution >= 4 is 55.9 Å². The molecule has 2 heterocycles. The topological polar surface area (TPSA) is 87.9 Å². The van der Waals surface area contributed by atoms with E-state index in [1.807, 2.05) is 9.80 Å². The second kappa shape index (κ2) is 5.77.